The van der Waals surface area contributed by atoms with Gasteiger partial charge in [-0.25, -0.2) is 9.78 Å². The fraction of sp³-hybridized carbons (Fsp3) is 0.0476. The maximum Gasteiger partial charge on any atom is 0.325 e. The van der Waals surface area contributed by atoms with Crippen molar-refractivity contribution in [2.75, 3.05) is 17.7 Å². The minimum Gasteiger partial charge on any atom is -0.497 e. The van der Waals surface area contributed by atoms with Gasteiger partial charge >= 0.3 is 6.03 Å². The van der Waals surface area contributed by atoms with Crippen molar-refractivity contribution in [3.8, 4) is 17.0 Å². The minimum absolute atomic E-state index is 0.345. The summed E-state index contributed by atoms with van der Waals surface area (Å²) < 4.78 is 5.16. The molecule has 0 unspecified atom stereocenters. The lowest BCUT2D eigenvalue weighted by Gasteiger charge is -2.07. The van der Waals surface area contributed by atoms with E-state index in [4.69, 9.17) is 4.74 Å². The fourth-order valence-corrected chi connectivity index (χ4v) is 3.57. The Morgan fingerprint density at radius 2 is 1.81 bits per heavy atom. The van der Waals surface area contributed by atoms with Crippen LogP contribution in [0.1, 0.15) is 0 Å². The number of hydrogen-bond acceptors (Lipinski definition) is 4. The van der Waals surface area contributed by atoms with E-state index in [2.05, 4.69) is 33.8 Å². The molecular formula is C21H17N3O2S. The zero-order chi connectivity index (χ0) is 18.6. The highest BCUT2D eigenvalue weighted by molar-refractivity contribution is 7.14. The van der Waals surface area contributed by atoms with E-state index in [9.17, 15) is 4.79 Å². The van der Waals surface area contributed by atoms with E-state index in [1.165, 1.54) is 11.3 Å². The summed E-state index contributed by atoms with van der Waals surface area (Å²) in [5.74, 6) is 0.681. The van der Waals surface area contributed by atoms with Crippen LogP contribution >= 0.6 is 11.3 Å². The fourth-order valence-electron chi connectivity index (χ4n) is 2.86. The molecule has 2 amide bonds. The molecule has 6 heteroatoms. The van der Waals surface area contributed by atoms with Crippen molar-refractivity contribution in [3.05, 3.63) is 72.1 Å². The van der Waals surface area contributed by atoms with Crippen molar-refractivity contribution in [2.45, 2.75) is 0 Å². The molecule has 4 aromatic rings. The first-order valence-corrected chi connectivity index (χ1v) is 9.26. The largest absolute Gasteiger partial charge is 0.497 e. The van der Waals surface area contributed by atoms with Crippen LogP contribution < -0.4 is 15.4 Å². The Balaban J connectivity index is 1.51. The molecular weight excluding hydrogens is 358 g/mol. The molecule has 0 spiro atoms. The highest BCUT2D eigenvalue weighted by Crippen LogP contribution is 2.31. The van der Waals surface area contributed by atoms with Crippen LogP contribution in [0.15, 0.2) is 72.1 Å². The Labute approximate surface area is 160 Å². The van der Waals surface area contributed by atoms with Crippen molar-refractivity contribution in [1.82, 2.24) is 4.98 Å². The Morgan fingerprint density at radius 3 is 2.70 bits per heavy atom. The maximum absolute atomic E-state index is 12.2. The Morgan fingerprint density at radius 1 is 1.00 bits per heavy atom. The number of methoxy groups -OCH3 is 1. The molecule has 2 N–H and O–H groups in total. The number of nitrogens with zero attached hydrogens (tertiary/aromatic N) is 1. The maximum atomic E-state index is 12.2. The highest BCUT2D eigenvalue weighted by atomic mass is 32.1. The molecule has 0 atom stereocenters. The van der Waals surface area contributed by atoms with Gasteiger partial charge in [0.25, 0.3) is 0 Å². The van der Waals surface area contributed by atoms with E-state index in [0.29, 0.717) is 16.6 Å². The van der Waals surface area contributed by atoms with E-state index in [0.717, 1.165) is 22.0 Å². The lowest BCUT2D eigenvalue weighted by Crippen LogP contribution is -2.19. The third-order valence-electron chi connectivity index (χ3n) is 4.12. The molecule has 0 fully saturated rings. The van der Waals surface area contributed by atoms with Gasteiger partial charge in [0.05, 0.1) is 12.8 Å². The summed E-state index contributed by atoms with van der Waals surface area (Å²) in [6, 6.07) is 21.1. The van der Waals surface area contributed by atoms with Crippen molar-refractivity contribution in [2.24, 2.45) is 0 Å². The van der Waals surface area contributed by atoms with Gasteiger partial charge in [-0.1, -0.05) is 48.5 Å². The van der Waals surface area contributed by atoms with Gasteiger partial charge < -0.3 is 10.1 Å². The average Bonchev–Trinajstić information content (AvgIpc) is 3.15. The van der Waals surface area contributed by atoms with Crippen molar-refractivity contribution in [3.63, 3.8) is 0 Å². The van der Waals surface area contributed by atoms with Crippen LogP contribution in [0, 0.1) is 0 Å². The third kappa shape index (κ3) is 3.75. The number of anilines is 2. The molecule has 1 aromatic heterocycles. The van der Waals surface area contributed by atoms with Gasteiger partial charge in [-0.15, -0.1) is 11.3 Å². The van der Waals surface area contributed by atoms with Crippen LogP contribution in [0.2, 0.25) is 0 Å². The molecule has 0 saturated heterocycles. The quantitative estimate of drug-likeness (QED) is 0.487. The minimum atomic E-state index is -0.345. The molecule has 0 bridgehead atoms. The van der Waals surface area contributed by atoms with Gasteiger partial charge in [-0.05, 0) is 22.9 Å². The summed E-state index contributed by atoms with van der Waals surface area (Å²) in [7, 11) is 1.59. The zero-order valence-electron chi connectivity index (χ0n) is 14.6. The second-order valence-corrected chi connectivity index (χ2v) is 6.73. The Bertz CT molecular complexity index is 1100. The Kier molecular flexibility index (Phi) is 4.72. The molecule has 0 aliphatic heterocycles. The number of aromatic nitrogens is 1. The summed E-state index contributed by atoms with van der Waals surface area (Å²) in [6.07, 6.45) is 0. The second-order valence-electron chi connectivity index (χ2n) is 5.88. The average molecular weight is 375 g/mol. The van der Waals surface area contributed by atoms with E-state index in [-0.39, 0.29) is 6.03 Å². The summed E-state index contributed by atoms with van der Waals surface area (Å²) in [4.78, 5) is 16.8. The summed E-state index contributed by atoms with van der Waals surface area (Å²) >= 11 is 1.39. The number of rotatable bonds is 4. The zero-order valence-corrected chi connectivity index (χ0v) is 15.4. The molecule has 5 nitrogen and oxygen atoms in total. The van der Waals surface area contributed by atoms with Crippen LogP contribution in [-0.2, 0) is 0 Å². The molecule has 0 aliphatic carbocycles. The van der Waals surface area contributed by atoms with Crippen LogP contribution in [0.4, 0.5) is 15.6 Å². The lowest BCUT2D eigenvalue weighted by molar-refractivity contribution is 0.262. The first-order chi connectivity index (χ1) is 13.2. The molecule has 0 aliphatic rings. The lowest BCUT2D eigenvalue weighted by atomic mass is 10.0. The standard InChI is InChI=1S/C21H17N3O2S/c1-26-16-9-5-8-15(12-16)22-20(25)24-21-23-19(13-27-21)18-11-4-7-14-6-2-3-10-17(14)18/h2-13H,1H3,(H2,22,23,24,25). The van der Waals surface area contributed by atoms with E-state index in [1.807, 2.05) is 41.8 Å². The number of benzene rings is 3. The smallest absolute Gasteiger partial charge is 0.325 e. The van der Waals surface area contributed by atoms with E-state index in [1.54, 1.807) is 19.2 Å². The molecule has 27 heavy (non-hydrogen) atoms. The summed E-state index contributed by atoms with van der Waals surface area (Å²) in [6.45, 7) is 0. The van der Waals surface area contributed by atoms with Gasteiger partial charge in [0.15, 0.2) is 5.13 Å². The van der Waals surface area contributed by atoms with Gasteiger partial charge in [-0.2, -0.15) is 0 Å². The Hall–Kier alpha value is -3.38. The predicted octanol–water partition coefficient (Wildman–Crippen LogP) is 5.62. The SMILES string of the molecule is COc1cccc(NC(=O)Nc2nc(-c3cccc4ccccc34)cs2)c1. The van der Waals surface area contributed by atoms with Crippen LogP contribution in [-0.4, -0.2) is 18.1 Å². The van der Waals surface area contributed by atoms with Gasteiger partial charge in [-0.3, -0.25) is 5.32 Å². The molecule has 4 rings (SSSR count). The number of amides is 2. The van der Waals surface area contributed by atoms with Gasteiger partial charge in [0, 0.05) is 22.7 Å². The van der Waals surface area contributed by atoms with Crippen molar-refractivity contribution >= 4 is 39.0 Å². The normalized spacial score (nSPS) is 10.6. The van der Waals surface area contributed by atoms with Gasteiger partial charge in [0.2, 0.25) is 0 Å². The predicted molar refractivity (Wildman–Crippen MR) is 111 cm³/mol. The number of thiazole rings is 1. The first-order valence-electron chi connectivity index (χ1n) is 8.38. The topological polar surface area (TPSA) is 63.2 Å². The molecule has 0 saturated carbocycles. The van der Waals surface area contributed by atoms with Gasteiger partial charge in [0.1, 0.15) is 5.75 Å². The first kappa shape index (κ1) is 17.1. The summed E-state index contributed by atoms with van der Waals surface area (Å²) in [5, 5.41) is 10.3. The number of urea groups is 1. The monoisotopic (exact) mass is 375 g/mol. The molecule has 3 aromatic carbocycles. The van der Waals surface area contributed by atoms with Crippen molar-refractivity contribution < 1.29 is 9.53 Å². The number of nitrogens with one attached hydrogen (secondary N) is 2. The van der Waals surface area contributed by atoms with Crippen LogP contribution in [0.3, 0.4) is 0 Å². The molecule has 134 valence electrons. The third-order valence-corrected chi connectivity index (χ3v) is 4.88. The van der Waals surface area contributed by atoms with Crippen LogP contribution in [0.25, 0.3) is 22.0 Å². The number of fused-ring (bicyclic) bond motifs is 1. The van der Waals surface area contributed by atoms with Crippen molar-refractivity contribution in [1.29, 1.82) is 0 Å². The molecule has 1 heterocycles. The van der Waals surface area contributed by atoms with E-state index < -0.39 is 0 Å². The second kappa shape index (κ2) is 7.47. The number of carbonyl (C=O) groups excluding carboxylic acids is 1. The highest BCUT2D eigenvalue weighted by Gasteiger charge is 2.10. The number of carbonyl (C=O) groups is 1. The van der Waals surface area contributed by atoms with Crippen LogP contribution in [0.5, 0.6) is 5.75 Å². The van der Waals surface area contributed by atoms with E-state index >= 15 is 0 Å². The molecule has 0 radical (unpaired) electrons. The summed E-state index contributed by atoms with van der Waals surface area (Å²) in [5.41, 5.74) is 2.54. The number of ether oxygens (including phenoxy) is 1. The number of hydrogen-bond donors (Lipinski definition) is 2.